The van der Waals surface area contributed by atoms with Gasteiger partial charge in [-0.3, -0.25) is 9.63 Å². The van der Waals surface area contributed by atoms with Crippen LogP contribution in [0.15, 0.2) is 0 Å². The van der Waals surface area contributed by atoms with Gasteiger partial charge in [-0.2, -0.15) is 0 Å². The van der Waals surface area contributed by atoms with Crippen molar-refractivity contribution in [2.75, 3.05) is 13.2 Å². The number of ether oxygens (including phenoxy) is 1. The van der Waals surface area contributed by atoms with Crippen molar-refractivity contribution in [3.05, 3.63) is 0 Å². The van der Waals surface area contributed by atoms with E-state index in [1.807, 2.05) is 13.8 Å². The van der Waals surface area contributed by atoms with E-state index in [-0.39, 0.29) is 12.0 Å². The molecule has 0 bridgehead atoms. The van der Waals surface area contributed by atoms with Gasteiger partial charge in [0, 0.05) is 13.0 Å². The van der Waals surface area contributed by atoms with Crippen LogP contribution in [0.1, 0.15) is 39.5 Å². The lowest BCUT2D eigenvalue weighted by Gasteiger charge is -2.10. The van der Waals surface area contributed by atoms with Crippen LogP contribution in [0.25, 0.3) is 0 Å². The SMILES string of the molecule is CC(C)CONC(=O)CCC1CCCO1. The fourth-order valence-corrected chi connectivity index (χ4v) is 1.50. The fraction of sp³-hybridized carbons (Fsp3) is 0.909. The van der Waals surface area contributed by atoms with Crippen molar-refractivity contribution >= 4 is 5.91 Å². The van der Waals surface area contributed by atoms with E-state index in [0.717, 1.165) is 25.9 Å². The lowest BCUT2D eigenvalue weighted by molar-refractivity contribution is -0.135. The Labute approximate surface area is 91.3 Å². The zero-order valence-electron chi connectivity index (χ0n) is 9.62. The van der Waals surface area contributed by atoms with Crippen LogP contribution in [0.4, 0.5) is 0 Å². The van der Waals surface area contributed by atoms with E-state index in [4.69, 9.17) is 9.57 Å². The fourth-order valence-electron chi connectivity index (χ4n) is 1.50. The molecule has 1 aliphatic heterocycles. The number of hydrogen-bond donors (Lipinski definition) is 1. The topological polar surface area (TPSA) is 47.6 Å². The Bertz CT molecular complexity index is 188. The molecular formula is C11H21NO3. The minimum Gasteiger partial charge on any atom is -0.378 e. The highest BCUT2D eigenvalue weighted by Gasteiger charge is 2.16. The maximum absolute atomic E-state index is 11.3. The van der Waals surface area contributed by atoms with E-state index in [9.17, 15) is 4.79 Å². The summed E-state index contributed by atoms with van der Waals surface area (Å²) in [6, 6.07) is 0. The Balaban J connectivity index is 1.98. The van der Waals surface area contributed by atoms with E-state index < -0.39 is 0 Å². The Kier molecular flexibility index (Phi) is 5.65. The van der Waals surface area contributed by atoms with Crippen LogP contribution < -0.4 is 5.48 Å². The van der Waals surface area contributed by atoms with Crippen molar-refractivity contribution in [3.8, 4) is 0 Å². The molecule has 0 aromatic rings. The zero-order valence-corrected chi connectivity index (χ0v) is 9.62. The smallest absolute Gasteiger partial charge is 0.243 e. The third-order valence-corrected chi connectivity index (χ3v) is 2.32. The van der Waals surface area contributed by atoms with Gasteiger partial charge in [-0.1, -0.05) is 13.8 Å². The van der Waals surface area contributed by atoms with E-state index in [2.05, 4.69) is 5.48 Å². The van der Waals surface area contributed by atoms with E-state index in [0.29, 0.717) is 18.9 Å². The molecule has 0 radical (unpaired) electrons. The first-order valence-corrected chi connectivity index (χ1v) is 5.70. The average molecular weight is 215 g/mol. The molecule has 1 heterocycles. The predicted molar refractivity (Wildman–Crippen MR) is 57.1 cm³/mol. The first-order valence-electron chi connectivity index (χ1n) is 5.70. The van der Waals surface area contributed by atoms with Crippen LogP contribution in [-0.2, 0) is 14.4 Å². The van der Waals surface area contributed by atoms with E-state index in [1.165, 1.54) is 0 Å². The van der Waals surface area contributed by atoms with Crippen LogP contribution in [0, 0.1) is 5.92 Å². The second-order valence-electron chi connectivity index (χ2n) is 4.40. The molecule has 1 fully saturated rings. The molecule has 1 amide bonds. The molecule has 0 aromatic carbocycles. The second-order valence-corrected chi connectivity index (χ2v) is 4.40. The number of hydroxylamine groups is 1. The molecule has 4 heteroatoms. The van der Waals surface area contributed by atoms with Gasteiger partial charge in [-0.15, -0.1) is 0 Å². The number of hydrogen-bond acceptors (Lipinski definition) is 3. The highest BCUT2D eigenvalue weighted by molar-refractivity contribution is 5.74. The molecular weight excluding hydrogens is 194 g/mol. The summed E-state index contributed by atoms with van der Waals surface area (Å²) in [6.45, 7) is 5.48. The normalized spacial score (nSPS) is 20.9. The molecule has 0 aromatic heterocycles. The molecule has 1 N–H and O–H groups in total. The highest BCUT2D eigenvalue weighted by atomic mass is 16.6. The van der Waals surface area contributed by atoms with Gasteiger partial charge in [-0.05, 0) is 25.2 Å². The lowest BCUT2D eigenvalue weighted by atomic mass is 10.1. The first kappa shape index (κ1) is 12.5. The van der Waals surface area contributed by atoms with Gasteiger partial charge in [-0.25, -0.2) is 5.48 Å². The Morgan fingerprint density at radius 1 is 1.60 bits per heavy atom. The molecule has 88 valence electrons. The van der Waals surface area contributed by atoms with Gasteiger partial charge < -0.3 is 4.74 Å². The Hall–Kier alpha value is -0.610. The van der Waals surface area contributed by atoms with Crippen LogP contribution in [0.5, 0.6) is 0 Å². The van der Waals surface area contributed by atoms with Crippen LogP contribution in [-0.4, -0.2) is 25.2 Å². The zero-order chi connectivity index (χ0) is 11.1. The van der Waals surface area contributed by atoms with Gasteiger partial charge in [0.05, 0.1) is 12.7 Å². The predicted octanol–water partition coefficient (Wildman–Crippen LogP) is 1.65. The van der Waals surface area contributed by atoms with Crippen molar-refractivity contribution in [1.82, 2.24) is 5.48 Å². The molecule has 1 unspecified atom stereocenters. The van der Waals surface area contributed by atoms with Crippen LogP contribution >= 0.6 is 0 Å². The molecule has 1 rings (SSSR count). The Morgan fingerprint density at radius 2 is 2.40 bits per heavy atom. The minimum absolute atomic E-state index is 0.0499. The highest BCUT2D eigenvalue weighted by Crippen LogP contribution is 2.16. The summed E-state index contributed by atoms with van der Waals surface area (Å²) in [5, 5.41) is 0. The summed E-state index contributed by atoms with van der Waals surface area (Å²) in [4.78, 5) is 16.3. The monoisotopic (exact) mass is 215 g/mol. The standard InChI is InChI=1S/C11H21NO3/c1-9(2)8-15-12-11(13)6-5-10-4-3-7-14-10/h9-10H,3-8H2,1-2H3,(H,12,13). The maximum Gasteiger partial charge on any atom is 0.243 e. The number of rotatable bonds is 6. The maximum atomic E-state index is 11.3. The molecule has 15 heavy (non-hydrogen) atoms. The number of carbonyl (C=O) groups excluding carboxylic acids is 1. The molecule has 0 aliphatic carbocycles. The van der Waals surface area contributed by atoms with Crippen LogP contribution in [0.3, 0.4) is 0 Å². The molecule has 0 saturated carbocycles. The summed E-state index contributed by atoms with van der Waals surface area (Å²) >= 11 is 0. The summed E-state index contributed by atoms with van der Waals surface area (Å²) < 4.78 is 5.43. The molecule has 1 atom stereocenters. The average Bonchev–Trinajstić information content (AvgIpc) is 2.66. The number of nitrogens with one attached hydrogen (secondary N) is 1. The van der Waals surface area contributed by atoms with Crippen molar-refractivity contribution in [3.63, 3.8) is 0 Å². The third-order valence-electron chi connectivity index (χ3n) is 2.32. The van der Waals surface area contributed by atoms with Gasteiger partial charge in [0.15, 0.2) is 0 Å². The van der Waals surface area contributed by atoms with Crippen molar-refractivity contribution < 1.29 is 14.4 Å². The summed E-state index contributed by atoms with van der Waals surface area (Å²) in [5.41, 5.74) is 2.44. The van der Waals surface area contributed by atoms with Gasteiger partial charge in [0.1, 0.15) is 0 Å². The quantitative estimate of drug-likeness (QED) is 0.685. The largest absolute Gasteiger partial charge is 0.378 e. The van der Waals surface area contributed by atoms with Crippen molar-refractivity contribution in [1.29, 1.82) is 0 Å². The molecule has 0 spiro atoms. The third kappa shape index (κ3) is 5.74. The first-order chi connectivity index (χ1) is 7.18. The van der Waals surface area contributed by atoms with E-state index in [1.54, 1.807) is 0 Å². The minimum atomic E-state index is -0.0499. The second kappa shape index (κ2) is 6.80. The van der Waals surface area contributed by atoms with Crippen molar-refractivity contribution in [2.24, 2.45) is 5.92 Å². The summed E-state index contributed by atoms with van der Waals surface area (Å²) in [5.74, 6) is 0.384. The number of carbonyl (C=O) groups is 1. The number of amides is 1. The summed E-state index contributed by atoms with van der Waals surface area (Å²) in [6.07, 6.45) is 3.77. The molecule has 1 saturated heterocycles. The lowest BCUT2D eigenvalue weighted by Crippen LogP contribution is -2.26. The molecule has 4 nitrogen and oxygen atoms in total. The Morgan fingerprint density at radius 3 is 3.00 bits per heavy atom. The van der Waals surface area contributed by atoms with E-state index >= 15 is 0 Å². The summed E-state index contributed by atoms with van der Waals surface area (Å²) in [7, 11) is 0. The van der Waals surface area contributed by atoms with Gasteiger partial charge in [0.2, 0.25) is 5.91 Å². The van der Waals surface area contributed by atoms with Gasteiger partial charge >= 0.3 is 0 Å². The molecule has 1 aliphatic rings. The van der Waals surface area contributed by atoms with Crippen molar-refractivity contribution in [2.45, 2.75) is 45.6 Å². The van der Waals surface area contributed by atoms with Gasteiger partial charge in [0.25, 0.3) is 0 Å². The van der Waals surface area contributed by atoms with Crippen LogP contribution in [0.2, 0.25) is 0 Å².